The number of benzene rings is 1. The third-order valence-electron chi connectivity index (χ3n) is 2.54. The van der Waals surface area contributed by atoms with Crippen molar-refractivity contribution in [3.63, 3.8) is 0 Å². The Kier molecular flexibility index (Phi) is 4.44. The zero-order chi connectivity index (χ0) is 12.8. The van der Waals surface area contributed by atoms with Crippen LogP contribution in [0.15, 0.2) is 41.2 Å². The number of aromatic nitrogens is 1. The first kappa shape index (κ1) is 12.7. The van der Waals surface area contributed by atoms with Crippen molar-refractivity contribution in [1.82, 2.24) is 10.3 Å². The van der Waals surface area contributed by atoms with Crippen LogP contribution >= 0.6 is 11.3 Å². The molecule has 0 bridgehead atoms. The first-order valence-electron chi connectivity index (χ1n) is 5.54. The lowest BCUT2D eigenvalue weighted by Crippen LogP contribution is -2.29. The summed E-state index contributed by atoms with van der Waals surface area (Å²) in [6.45, 7) is 0.540. The molecule has 94 valence electrons. The summed E-state index contributed by atoms with van der Waals surface area (Å²) in [6.07, 6.45) is 0. The van der Waals surface area contributed by atoms with Gasteiger partial charge in [0.15, 0.2) is 0 Å². The quantitative estimate of drug-likeness (QED) is 0.839. The second-order valence-corrected chi connectivity index (χ2v) is 4.45. The molecule has 0 saturated heterocycles. The van der Waals surface area contributed by atoms with Crippen molar-refractivity contribution in [1.29, 1.82) is 0 Å². The number of rotatable bonds is 5. The first-order chi connectivity index (χ1) is 8.81. The molecule has 1 atom stereocenters. The number of nitrogens with one attached hydrogen (secondary N) is 1. The maximum atomic E-state index is 11.8. The molecule has 2 aromatic rings. The number of methoxy groups -OCH3 is 1. The summed E-state index contributed by atoms with van der Waals surface area (Å²) < 4.78 is 4.82. The number of carbonyl (C=O) groups is 1. The number of esters is 1. The number of nitrogens with zero attached hydrogens (tertiary/aromatic N) is 1. The van der Waals surface area contributed by atoms with Crippen LogP contribution in [0.2, 0.25) is 0 Å². The Balaban J connectivity index is 2.09. The van der Waals surface area contributed by atoms with Crippen LogP contribution in [0.1, 0.15) is 17.3 Å². The Morgan fingerprint density at radius 2 is 2.22 bits per heavy atom. The second-order valence-electron chi connectivity index (χ2n) is 3.73. The fourth-order valence-corrected chi connectivity index (χ4v) is 2.19. The molecule has 0 amide bonds. The largest absolute Gasteiger partial charge is 0.468 e. The highest BCUT2D eigenvalue weighted by molar-refractivity contribution is 7.07. The van der Waals surface area contributed by atoms with Crippen molar-refractivity contribution in [3.8, 4) is 0 Å². The van der Waals surface area contributed by atoms with Crippen molar-refractivity contribution in [2.24, 2.45) is 0 Å². The van der Waals surface area contributed by atoms with Gasteiger partial charge in [0.1, 0.15) is 6.04 Å². The van der Waals surface area contributed by atoms with Gasteiger partial charge in [-0.2, -0.15) is 0 Å². The van der Waals surface area contributed by atoms with Crippen LogP contribution in [0.5, 0.6) is 0 Å². The van der Waals surface area contributed by atoms with E-state index in [1.54, 1.807) is 5.51 Å². The van der Waals surface area contributed by atoms with E-state index in [-0.39, 0.29) is 5.97 Å². The van der Waals surface area contributed by atoms with Crippen LogP contribution in [0, 0.1) is 0 Å². The average Bonchev–Trinajstić information content (AvgIpc) is 2.93. The molecule has 1 aromatic carbocycles. The van der Waals surface area contributed by atoms with Gasteiger partial charge in [-0.05, 0) is 5.56 Å². The van der Waals surface area contributed by atoms with E-state index >= 15 is 0 Å². The van der Waals surface area contributed by atoms with Crippen LogP contribution in [0.4, 0.5) is 0 Å². The van der Waals surface area contributed by atoms with Gasteiger partial charge < -0.3 is 4.74 Å². The van der Waals surface area contributed by atoms with Gasteiger partial charge in [-0.1, -0.05) is 30.3 Å². The van der Waals surface area contributed by atoms with Crippen LogP contribution in [-0.2, 0) is 16.1 Å². The van der Waals surface area contributed by atoms with E-state index in [0.717, 1.165) is 11.3 Å². The summed E-state index contributed by atoms with van der Waals surface area (Å²) in [5.74, 6) is -0.295. The molecule has 1 N–H and O–H groups in total. The summed E-state index contributed by atoms with van der Waals surface area (Å²) in [5.41, 5.74) is 3.58. The van der Waals surface area contributed by atoms with E-state index in [4.69, 9.17) is 4.74 Å². The Bertz CT molecular complexity index is 485. The zero-order valence-electron chi connectivity index (χ0n) is 10.00. The minimum Gasteiger partial charge on any atom is -0.468 e. The van der Waals surface area contributed by atoms with Gasteiger partial charge in [-0.3, -0.25) is 5.32 Å². The normalized spacial score (nSPS) is 12.1. The summed E-state index contributed by atoms with van der Waals surface area (Å²) in [5, 5.41) is 5.11. The highest BCUT2D eigenvalue weighted by Gasteiger charge is 2.20. The molecular weight excluding hydrogens is 248 g/mol. The van der Waals surface area contributed by atoms with Crippen LogP contribution in [-0.4, -0.2) is 18.1 Å². The lowest BCUT2D eigenvalue weighted by Gasteiger charge is -2.16. The van der Waals surface area contributed by atoms with E-state index < -0.39 is 6.04 Å². The lowest BCUT2D eigenvalue weighted by atomic mass is 10.1. The Hall–Kier alpha value is -1.72. The number of hydrogen-bond donors (Lipinski definition) is 1. The molecule has 0 saturated carbocycles. The van der Waals surface area contributed by atoms with E-state index in [1.807, 2.05) is 35.7 Å². The maximum Gasteiger partial charge on any atom is 0.327 e. The molecule has 1 aromatic heterocycles. The molecule has 2 rings (SSSR count). The summed E-state index contributed by atoms with van der Waals surface area (Å²) in [6, 6.07) is 9.05. The van der Waals surface area contributed by atoms with Crippen molar-refractivity contribution < 1.29 is 9.53 Å². The van der Waals surface area contributed by atoms with Gasteiger partial charge >= 0.3 is 5.97 Å². The lowest BCUT2D eigenvalue weighted by molar-refractivity contribution is -0.143. The first-order valence-corrected chi connectivity index (χ1v) is 6.49. The minimum absolute atomic E-state index is 0.295. The molecule has 0 radical (unpaired) electrons. The maximum absolute atomic E-state index is 11.8. The van der Waals surface area contributed by atoms with Gasteiger partial charge in [-0.15, -0.1) is 11.3 Å². The van der Waals surface area contributed by atoms with Gasteiger partial charge in [0, 0.05) is 11.9 Å². The molecule has 18 heavy (non-hydrogen) atoms. The van der Waals surface area contributed by atoms with Crippen molar-refractivity contribution in [2.45, 2.75) is 12.6 Å². The number of thiazole rings is 1. The van der Waals surface area contributed by atoms with E-state index in [9.17, 15) is 4.79 Å². The highest BCUT2D eigenvalue weighted by Crippen LogP contribution is 2.15. The van der Waals surface area contributed by atoms with Gasteiger partial charge in [0.2, 0.25) is 0 Å². The standard InChI is InChI=1S/C13H14N2O2S/c1-17-13(16)12(10-5-3-2-4-6-10)14-7-11-8-18-9-15-11/h2-6,8-9,12,14H,7H2,1H3. The predicted octanol–water partition coefficient (Wildman–Crippen LogP) is 2.15. The molecule has 0 aliphatic heterocycles. The SMILES string of the molecule is COC(=O)C(NCc1cscn1)c1ccccc1. The highest BCUT2D eigenvalue weighted by atomic mass is 32.1. The Labute approximate surface area is 110 Å². The predicted molar refractivity (Wildman–Crippen MR) is 70.2 cm³/mol. The molecular formula is C13H14N2O2S. The summed E-state index contributed by atoms with van der Waals surface area (Å²) in [4.78, 5) is 15.9. The molecule has 0 aliphatic rings. The zero-order valence-corrected chi connectivity index (χ0v) is 10.8. The Morgan fingerprint density at radius 3 is 2.83 bits per heavy atom. The molecule has 0 fully saturated rings. The third kappa shape index (κ3) is 3.15. The summed E-state index contributed by atoms with van der Waals surface area (Å²) in [7, 11) is 1.39. The van der Waals surface area contributed by atoms with Gasteiger partial charge in [0.05, 0.1) is 18.3 Å². The topological polar surface area (TPSA) is 51.2 Å². The molecule has 4 nitrogen and oxygen atoms in total. The fraction of sp³-hybridized carbons (Fsp3) is 0.231. The minimum atomic E-state index is -0.460. The van der Waals surface area contributed by atoms with Crippen LogP contribution in [0.25, 0.3) is 0 Å². The van der Waals surface area contributed by atoms with E-state index in [0.29, 0.717) is 6.54 Å². The third-order valence-corrected chi connectivity index (χ3v) is 3.18. The molecule has 0 spiro atoms. The van der Waals surface area contributed by atoms with E-state index in [2.05, 4.69) is 10.3 Å². The molecule has 1 heterocycles. The smallest absolute Gasteiger partial charge is 0.327 e. The molecule has 1 unspecified atom stereocenters. The number of ether oxygens (including phenoxy) is 1. The molecule has 5 heteroatoms. The number of carbonyl (C=O) groups excluding carboxylic acids is 1. The van der Waals surface area contributed by atoms with Crippen LogP contribution in [0.3, 0.4) is 0 Å². The van der Waals surface area contributed by atoms with Crippen molar-refractivity contribution in [2.75, 3.05) is 7.11 Å². The average molecular weight is 262 g/mol. The second kappa shape index (κ2) is 6.28. The summed E-state index contributed by atoms with van der Waals surface area (Å²) >= 11 is 1.53. The van der Waals surface area contributed by atoms with Crippen molar-refractivity contribution in [3.05, 3.63) is 52.5 Å². The van der Waals surface area contributed by atoms with E-state index in [1.165, 1.54) is 18.4 Å². The molecule has 0 aliphatic carbocycles. The van der Waals surface area contributed by atoms with Gasteiger partial charge in [0.25, 0.3) is 0 Å². The Morgan fingerprint density at radius 1 is 1.44 bits per heavy atom. The van der Waals surface area contributed by atoms with Crippen molar-refractivity contribution >= 4 is 17.3 Å². The number of hydrogen-bond acceptors (Lipinski definition) is 5. The fourth-order valence-electron chi connectivity index (χ4n) is 1.63. The monoisotopic (exact) mass is 262 g/mol. The van der Waals surface area contributed by atoms with Crippen LogP contribution < -0.4 is 5.32 Å². The van der Waals surface area contributed by atoms with Gasteiger partial charge in [-0.25, -0.2) is 9.78 Å².